The summed E-state index contributed by atoms with van der Waals surface area (Å²) < 4.78 is 11.6. The highest BCUT2D eigenvalue weighted by Crippen LogP contribution is 2.46. The Hall–Kier alpha value is -1.95. The monoisotopic (exact) mass is 485 g/mol. The van der Waals surface area contributed by atoms with Gasteiger partial charge >= 0.3 is 6.09 Å². The van der Waals surface area contributed by atoms with Gasteiger partial charge in [-0.15, -0.1) is 0 Å². The van der Waals surface area contributed by atoms with E-state index in [9.17, 15) is 4.79 Å². The van der Waals surface area contributed by atoms with E-state index >= 15 is 0 Å². The van der Waals surface area contributed by atoms with Crippen molar-refractivity contribution in [1.82, 2.24) is 4.90 Å². The third-order valence-corrected chi connectivity index (χ3v) is 7.85. The van der Waals surface area contributed by atoms with Crippen LogP contribution in [-0.2, 0) is 9.47 Å². The summed E-state index contributed by atoms with van der Waals surface area (Å²) in [7, 11) is 0. The van der Waals surface area contributed by atoms with Crippen molar-refractivity contribution in [3.8, 4) is 0 Å². The fourth-order valence-electron chi connectivity index (χ4n) is 5.91. The van der Waals surface area contributed by atoms with Crippen LogP contribution in [0.15, 0.2) is 18.2 Å². The normalized spacial score (nSPS) is 26.1. The second-order valence-corrected chi connectivity index (χ2v) is 12.8. The first kappa shape index (κ1) is 26.1. The Balaban J connectivity index is 1.54. The van der Waals surface area contributed by atoms with E-state index in [2.05, 4.69) is 55.7 Å². The van der Waals surface area contributed by atoms with E-state index in [1.807, 2.05) is 25.7 Å². The molecule has 196 valence electrons. The van der Waals surface area contributed by atoms with Crippen LogP contribution in [-0.4, -0.2) is 68.1 Å². The quantitative estimate of drug-likeness (QED) is 0.522. The van der Waals surface area contributed by atoms with Gasteiger partial charge in [-0.1, -0.05) is 13.8 Å². The van der Waals surface area contributed by atoms with Gasteiger partial charge in [0, 0.05) is 50.6 Å². The zero-order valence-electron chi connectivity index (χ0n) is 23.1. The molecule has 1 amide bonds. The zero-order valence-corrected chi connectivity index (χ0v) is 23.1. The molecule has 2 heterocycles. The summed E-state index contributed by atoms with van der Waals surface area (Å²) >= 11 is 0. The number of carbonyl (C=O) groups excluding carboxylic acids is 1. The number of morpholine rings is 1. The highest BCUT2D eigenvalue weighted by atomic mass is 16.6. The predicted octanol–water partition coefficient (Wildman–Crippen LogP) is 6.04. The average Bonchev–Trinajstić information content (AvgIpc) is 2.77. The molecule has 2 saturated heterocycles. The summed E-state index contributed by atoms with van der Waals surface area (Å²) in [5.41, 5.74) is 4.16. The van der Waals surface area contributed by atoms with Crippen molar-refractivity contribution >= 4 is 17.5 Å². The van der Waals surface area contributed by atoms with Crippen LogP contribution in [0.5, 0.6) is 0 Å². The zero-order chi connectivity index (χ0) is 25.4. The summed E-state index contributed by atoms with van der Waals surface area (Å²) in [6.45, 7) is 19.9. The van der Waals surface area contributed by atoms with Gasteiger partial charge in [0.05, 0.1) is 12.2 Å². The summed E-state index contributed by atoms with van der Waals surface area (Å²) in [6.07, 6.45) is 5.35. The molecule has 0 bridgehead atoms. The number of carbonyl (C=O) groups is 1. The Kier molecular flexibility index (Phi) is 7.61. The van der Waals surface area contributed by atoms with E-state index in [1.165, 1.54) is 42.6 Å². The van der Waals surface area contributed by atoms with Crippen LogP contribution in [0.25, 0.3) is 0 Å². The molecule has 1 saturated carbocycles. The SMILES string of the molecule is C[C@@H]1CN(c2ccc(N3CCN(C(=O)OC(C)(C)C)CC3)c(C3CCC(C)(C)CC3)c2)C[C@H](C)O1. The third kappa shape index (κ3) is 6.63. The van der Waals surface area contributed by atoms with Crippen molar-refractivity contribution in [1.29, 1.82) is 0 Å². The molecule has 2 atom stereocenters. The van der Waals surface area contributed by atoms with Gasteiger partial charge in [-0.05, 0) is 95.4 Å². The largest absolute Gasteiger partial charge is 0.444 e. The lowest BCUT2D eigenvalue weighted by Crippen LogP contribution is -2.50. The minimum atomic E-state index is -0.458. The van der Waals surface area contributed by atoms with Crippen molar-refractivity contribution in [2.24, 2.45) is 5.41 Å². The number of anilines is 2. The minimum absolute atomic E-state index is 0.196. The van der Waals surface area contributed by atoms with Crippen LogP contribution >= 0.6 is 0 Å². The maximum Gasteiger partial charge on any atom is 0.410 e. The van der Waals surface area contributed by atoms with Crippen molar-refractivity contribution < 1.29 is 14.3 Å². The highest BCUT2D eigenvalue weighted by molar-refractivity contribution is 5.69. The molecule has 0 aromatic heterocycles. The van der Waals surface area contributed by atoms with Gasteiger partial charge in [0.2, 0.25) is 0 Å². The number of benzene rings is 1. The van der Waals surface area contributed by atoms with Crippen LogP contribution < -0.4 is 9.80 Å². The minimum Gasteiger partial charge on any atom is -0.444 e. The molecule has 3 fully saturated rings. The van der Waals surface area contributed by atoms with Crippen molar-refractivity contribution in [2.75, 3.05) is 49.1 Å². The molecule has 6 nitrogen and oxygen atoms in total. The maximum atomic E-state index is 12.6. The number of hydrogen-bond acceptors (Lipinski definition) is 5. The molecule has 3 aliphatic rings. The molecule has 0 N–H and O–H groups in total. The first-order valence-corrected chi connectivity index (χ1v) is 13.7. The molecule has 1 aromatic carbocycles. The molecule has 1 aliphatic carbocycles. The molecular weight excluding hydrogens is 438 g/mol. The second-order valence-electron chi connectivity index (χ2n) is 12.8. The number of ether oxygens (including phenoxy) is 2. The Morgan fingerprint density at radius 2 is 1.57 bits per heavy atom. The second kappa shape index (κ2) is 10.2. The van der Waals surface area contributed by atoms with Gasteiger partial charge in [-0.2, -0.15) is 0 Å². The Morgan fingerprint density at radius 1 is 0.971 bits per heavy atom. The van der Waals surface area contributed by atoms with Gasteiger partial charge in [0.1, 0.15) is 5.60 Å². The summed E-state index contributed by atoms with van der Waals surface area (Å²) in [4.78, 5) is 19.4. The van der Waals surface area contributed by atoms with Gasteiger partial charge in [0.15, 0.2) is 0 Å². The number of hydrogen-bond donors (Lipinski definition) is 0. The highest BCUT2D eigenvalue weighted by Gasteiger charge is 2.32. The summed E-state index contributed by atoms with van der Waals surface area (Å²) in [6, 6.07) is 7.12. The summed E-state index contributed by atoms with van der Waals surface area (Å²) in [5, 5.41) is 0. The van der Waals surface area contributed by atoms with Gasteiger partial charge in [-0.25, -0.2) is 4.79 Å². The number of rotatable bonds is 3. The molecular formula is C29H47N3O3. The number of piperazine rings is 1. The lowest BCUT2D eigenvalue weighted by atomic mass is 9.71. The smallest absolute Gasteiger partial charge is 0.410 e. The average molecular weight is 486 g/mol. The lowest BCUT2D eigenvalue weighted by molar-refractivity contribution is -0.00523. The van der Waals surface area contributed by atoms with E-state index in [0.717, 1.165) is 26.2 Å². The molecule has 35 heavy (non-hydrogen) atoms. The molecule has 4 rings (SSSR count). The molecule has 2 aliphatic heterocycles. The van der Waals surface area contributed by atoms with Gasteiger partial charge < -0.3 is 24.2 Å². The van der Waals surface area contributed by atoms with Crippen molar-refractivity contribution in [2.45, 2.75) is 97.9 Å². The number of amides is 1. The van der Waals surface area contributed by atoms with E-state index in [-0.39, 0.29) is 18.3 Å². The van der Waals surface area contributed by atoms with E-state index in [0.29, 0.717) is 24.4 Å². The lowest BCUT2D eigenvalue weighted by Gasteiger charge is -2.41. The van der Waals surface area contributed by atoms with E-state index in [4.69, 9.17) is 9.47 Å². The van der Waals surface area contributed by atoms with E-state index < -0.39 is 5.60 Å². The van der Waals surface area contributed by atoms with Crippen LogP contribution in [0, 0.1) is 5.41 Å². The molecule has 1 aromatic rings. The third-order valence-electron chi connectivity index (χ3n) is 7.85. The Bertz CT molecular complexity index is 866. The first-order valence-electron chi connectivity index (χ1n) is 13.7. The Morgan fingerprint density at radius 3 is 2.14 bits per heavy atom. The van der Waals surface area contributed by atoms with Crippen LogP contribution in [0.1, 0.15) is 85.6 Å². The standard InChI is InChI=1S/C29H47N3O3/c1-21-19-32(20-22(2)34-21)24-8-9-26(25(18-24)23-10-12-29(6,7)13-11-23)30-14-16-31(17-15-30)27(33)35-28(3,4)5/h8-9,18,21-23H,10-17,19-20H2,1-7H3/t21-,22+. The fraction of sp³-hybridized carbons (Fsp3) is 0.759. The molecule has 0 spiro atoms. The van der Waals surface area contributed by atoms with Crippen LogP contribution in [0.2, 0.25) is 0 Å². The van der Waals surface area contributed by atoms with Crippen LogP contribution in [0.3, 0.4) is 0 Å². The van der Waals surface area contributed by atoms with Gasteiger partial charge in [0.25, 0.3) is 0 Å². The van der Waals surface area contributed by atoms with E-state index in [1.54, 1.807) is 0 Å². The van der Waals surface area contributed by atoms with Crippen molar-refractivity contribution in [3.63, 3.8) is 0 Å². The number of nitrogens with zero attached hydrogens (tertiary/aromatic N) is 3. The summed E-state index contributed by atoms with van der Waals surface area (Å²) in [5.74, 6) is 0.595. The maximum absolute atomic E-state index is 12.6. The molecule has 0 unspecified atom stereocenters. The van der Waals surface area contributed by atoms with Gasteiger partial charge in [-0.3, -0.25) is 0 Å². The molecule has 6 heteroatoms. The predicted molar refractivity (Wildman–Crippen MR) is 144 cm³/mol. The first-order chi connectivity index (χ1) is 16.4. The van der Waals surface area contributed by atoms with Crippen LogP contribution in [0.4, 0.5) is 16.2 Å². The fourth-order valence-corrected chi connectivity index (χ4v) is 5.91. The Labute approximate surface area is 212 Å². The topological polar surface area (TPSA) is 45.2 Å². The molecule has 0 radical (unpaired) electrons. The van der Waals surface area contributed by atoms with Crippen molar-refractivity contribution in [3.05, 3.63) is 23.8 Å².